The molecule has 128 valence electrons. The van der Waals surface area contributed by atoms with Crippen LogP contribution in [0.25, 0.3) is 0 Å². The van der Waals surface area contributed by atoms with Gasteiger partial charge in [0.15, 0.2) is 0 Å². The molecule has 0 spiro atoms. The van der Waals surface area contributed by atoms with Gasteiger partial charge in [-0.1, -0.05) is 0 Å². The van der Waals surface area contributed by atoms with Gasteiger partial charge in [-0.3, -0.25) is 0 Å². The second-order valence-electron chi connectivity index (χ2n) is 7.11. The first-order valence-corrected chi connectivity index (χ1v) is 18.8. The molecular weight excluding hydrogens is 520 g/mol. The van der Waals surface area contributed by atoms with Gasteiger partial charge in [0.25, 0.3) is 0 Å². The molecule has 1 aliphatic carbocycles. The molecule has 5 heteroatoms. The van der Waals surface area contributed by atoms with Crippen molar-refractivity contribution in [1.29, 1.82) is 0 Å². The predicted molar refractivity (Wildman–Crippen MR) is 93.4 cm³/mol. The molecule has 0 amide bonds. The summed E-state index contributed by atoms with van der Waals surface area (Å²) >= 11 is 3.97. The third-order valence-electron chi connectivity index (χ3n) is 5.08. The van der Waals surface area contributed by atoms with E-state index in [0.29, 0.717) is 33.7 Å². The van der Waals surface area contributed by atoms with Gasteiger partial charge in [0.05, 0.1) is 0 Å². The number of carbonyl (C=O) groups is 2. The van der Waals surface area contributed by atoms with Crippen LogP contribution < -0.4 is 0 Å². The van der Waals surface area contributed by atoms with E-state index in [-0.39, 0.29) is 17.5 Å². The number of ketones is 2. The third-order valence-corrected chi connectivity index (χ3v) is 11.0. The number of hydrogen-bond donors (Lipinski definition) is 0. The van der Waals surface area contributed by atoms with Gasteiger partial charge in [-0.2, -0.15) is 0 Å². The quantitative estimate of drug-likeness (QED) is 0.151. The maximum atomic E-state index is 12.5. The average Bonchev–Trinajstić information content (AvgIpc) is 2.82. The van der Waals surface area contributed by atoms with Gasteiger partial charge in [-0.25, -0.2) is 0 Å². The Kier molecular flexibility index (Phi) is 10.6. The number of alkyl halides is 1. The Balaban J connectivity index is 2.63. The Morgan fingerprint density at radius 2 is 1.96 bits per heavy atom. The minimum absolute atomic E-state index is 0.0495. The van der Waals surface area contributed by atoms with Crippen molar-refractivity contribution in [3.8, 4) is 0 Å². The van der Waals surface area contributed by atoms with Crippen LogP contribution in [0.2, 0.25) is 0 Å². The van der Waals surface area contributed by atoms with Gasteiger partial charge in [-0.05, 0) is 0 Å². The van der Waals surface area contributed by atoms with E-state index in [4.69, 9.17) is 19.9 Å². The number of allylic oxidation sites excluding steroid dienone is 1. The summed E-state index contributed by atoms with van der Waals surface area (Å²) in [5.74, 6) is 2.15. The van der Waals surface area contributed by atoms with Crippen molar-refractivity contribution in [2.75, 3.05) is 5.88 Å². The van der Waals surface area contributed by atoms with Crippen molar-refractivity contribution >= 4 is 31.4 Å². The predicted octanol–water partition coefficient (Wildman–Crippen LogP) is 5.36. The van der Waals surface area contributed by atoms with Crippen molar-refractivity contribution in [2.45, 2.75) is 58.8 Å². The SMILES string of the molecule is C=[C]([Hg][Cl])C(=O)C[C@@H]1C(=O)C[C@H](CCCCCCCl)[C@H]1C(C)C. The van der Waals surface area contributed by atoms with E-state index in [1.807, 2.05) is 0 Å². The second-order valence-corrected chi connectivity index (χ2v) is 14.2. The Morgan fingerprint density at radius 3 is 2.52 bits per heavy atom. The maximum absolute atomic E-state index is 12.5. The van der Waals surface area contributed by atoms with Crippen LogP contribution in [0.4, 0.5) is 0 Å². The van der Waals surface area contributed by atoms with Gasteiger partial charge in [0.1, 0.15) is 0 Å². The van der Waals surface area contributed by atoms with Crippen molar-refractivity contribution in [3.05, 3.63) is 9.66 Å². The Morgan fingerprint density at radius 1 is 1.30 bits per heavy atom. The van der Waals surface area contributed by atoms with Gasteiger partial charge < -0.3 is 0 Å². The molecule has 1 fully saturated rings. The number of rotatable bonds is 11. The third kappa shape index (κ3) is 6.78. The number of Topliss-reactive ketones (excluding diaryl/α,β-unsaturated/α-hetero) is 2. The van der Waals surface area contributed by atoms with Crippen molar-refractivity contribution in [3.63, 3.8) is 0 Å². The molecular formula is C18H28Cl2HgO2. The number of carbonyl (C=O) groups excluding carboxylic acids is 2. The molecule has 0 unspecified atom stereocenters. The zero-order valence-electron chi connectivity index (χ0n) is 14.5. The first kappa shape index (κ1) is 21.6. The van der Waals surface area contributed by atoms with E-state index in [1.165, 1.54) is 12.8 Å². The van der Waals surface area contributed by atoms with Crippen LogP contribution in [0.5, 0.6) is 0 Å². The first-order chi connectivity index (χ1) is 10.9. The van der Waals surface area contributed by atoms with Gasteiger partial charge >= 0.3 is 151 Å². The first-order valence-electron chi connectivity index (χ1n) is 8.78. The normalized spacial score (nSPS) is 24.0. The Hall–Kier alpha value is 0.595. The van der Waals surface area contributed by atoms with Crippen molar-refractivity contribution in [1.82, 2.24) is 0 Å². The van der Waals surface area contributed by atoms with E-state index >= 15 is 0 Å². The number of unbranched alkanes of at least 4 members (excludes halogenated alkanes) is 3. The standard InChI is InChI=1S/C18H28ClO2.ClH.Hg/c1-4-15(20)12-16-17(21)11-14(18(16)13(2)3)9-7-5-6-8-10-19;;/h13-14,16,18H,1,5-12H2,2-3H3;1H;/q;;+1/p-1/t14-,16+,18+;;/m0../s1. The summed E-state index contributed by atoms with van der Waals surface area (Å²) in [7, 11) is 5.91. The number of halogens is 2. The molecule has 0 N–H and O–H groups in total. The zero-order chi connectivity index (χ0) is 17.4. The molecule has 0 radical (unpaired) electrons. The molecule has 1 aliphatic rings. The van der Waals surface area contributed by atoms with Crippen LogP contribution in [-0.2, 0) is 32.9 Å². The van der Waals surface area contributed by atoms with E-state index in [2.05, 4.69) is 20.4 Å². The monoisotopic (exact) mass is 548 g/mol. The van der Waals surface area contributed by atoms with Crippen LogP contribution in [0.15, 0.2) is 9.66 Å². The zero-order valence-corrected chi connectivity index (χ0v) is 21.5. The molecule has 23 heavy (non-hydrogen) atoms. The summed E-state index contributed by atoms with van der Waals surface area (Å²) < 4.78 is 0.645. The fourth-order valence-corrected chi connectivity index (χ4v) is 6.55. The van der Waals surface area contributed by atoms with Gasteiger partial charge in [-0.15, -0.1) is 11.6 Å². The molecule has 0 aromatic carbocycles. The molecule has 1 rings (SSSR count). The molecule has 0 aromatic rings. The van der Waals surface area contributed by atoms with Crippen molar-refractivity contribution in [2.24, 2.45) is 23.7 Å². The summed E-state index contributed by atoms with van der Waals surface area (Å²) in [6.45, 7) is 8.16. The second kappa shape index (κ2) is 11.3. The molecule has 0 aromatic heterocycles. The Labute approximate surface area is 161 Å². The fraction of sp³-hybridized carbons (Fsp3) is 0.778. The van der Waals surface area contributed by atoms with Gasteiger partial charge in [0.2, 0.25) is 0 Å². The van der Waals surface area contributed by atoms with Crippen LogP contribution in [0.3, 0.4) is 0 Å². The van der Waals surface area contributed by atoms with E-state index in [0.717, 1.165) is 25.1 Å². The molecule has 0 aliphatic heterocycles. The van der Waals surface area contributed by atoms with Crippen LogP contribution >= 0.6 is 19.9 Å². The molecule has 0 heterocycles. The summed E-state index contributed by atoms with van der Waals surface area (Å²) in [4.78, 5) is 24.7. The Bertz CT molecular complexity index is 423. The topological polar surface area (TPSA) is 34.1 Å². The minimum atomic E-state index is -1.74. The molecule has 3 atom stereocenters. The molecule has 0 bridgehead atoms. The van der Waals surface area contributed by atoms with Crippen molar-refractivity contribution < 1.29 is 32.9 Å². The van der Waals surface area contributed by atoms with Gasteiger partial charge in [0, 0.05) is 0 Å². The summed E-state index contributed by atoms with van der Waals surface area (Å²) in [5.41, 5.74) is 0. The van der Waals surface area contributed by atoms with Crippen LogP contribution in [-0.4, -0.2) is 17.4 Å². The molecule has 1 saturated carbocycles. The fourth-order valence-electron chi connectivity index (χ4n) is 3.92. The molecule has 2 nitrogen and oxygen atoms in total. The van der Waals surface area contributed by atoms with Crippen LogP contribution in [0, 0.1) is 23.7 Å². The average molecular weight is 548 g/mol. The van der Waals surface area contributed by atoms with E-state index < -0.39 is 23.3 Å². The summed E-state index contributed by atoms with van der Waals surface area (Å²) in [6, 6.07) is 0. The molecule has 0 saturated heterocycles. The summed E-state index contributed by atoms with van der Waals surface area (Å²) in [6.07, 6.45) is 6.67. The van der Waals surface area contributed by atoms with E-state index in [1.54, 1.807) is 0 Å². The number of hydrogen-bond acceptors (Lipinski definition) is 2. The summed E-state index contributed by atoms with van der Waals surface area (Å²) in [5, 5.41) is 0. The van der Waals surface area contributed by atoms with E-state index in [9.17, 15) is 9.59 Å². The van der Waals surface area contributed by atoms with Crippen LogP contribution in [0.1, 0.15) is 58.8 Å².